The minimum atomic E-state index is -0.932. The molecule has 0 heterocycles. The molecule has 0 aliphatic carbocycles. The van der Waals surface area contributed by atoms with Gasteiger partial charge in [0.25, 0.3) is 0 Å². The summed E-state index contributed by atoms with van der Waals surface area (Å²) in [5.41, 5.74) is 2.65. The van der Waals surface area contributed by atoms with Crippen molar-refractivity contribution >= 4 is 18.8 Å². The monoisotopic (exact) mass is 263 g/mol. The molecule has 20 heavy (non-hydrogen) atoms. The summed E-state index contributed by atoms with van der Waals surface area (Å²) in [5.74, 6) is 5.08. The smallest absolute Gasteiger partial charge is 0.335 e. The molecule has 0 aliphatic heterocycles. The predicted octanol–water partition coefficient (Wildman–Crippen LogP) is 0.981. The fourth-order valence-electron chi connectivity index (χ4n) is 1.86. The van der Waals surface area contributed by atoms with Gasteiger partial charge in [-0.1, -0.05) is 41.6 Å². The van der Waals surface area contributed by atoms with Crippen molar-refractivity contribution in [3.05, 3.63) is 65.2 Å². The average molecular weight is 263 g/mol. The quantitative estimate of drug-likeness (QED) is 0.641. The summed E-state index contributed by atoms with van der Waals surface area (Å²) in [6.45, 7) is 0. The number of carboxylic acid groups (broad SMARTS) is 1. The number of carbonyl (C=O) groups is 1. The van der Waals surface area contributed by atoms with Gasteiger partial charge in [0.15, 0.2) is 0 Å². The van der Waals surface area contributed by atoms with Crippen LogP contribution in [0.2, 0.25) is 0 Å². The van der Waals surface area contributed by atoms with Gasteiger partial charge in [-0.3, -0.25) is 0 Å². The summed E-state index contributed by atoms with van der Waals surface area (Å²) in [6.07, 6.45) is 0. The van der Waals surface area contributed by atoms with E-state index in [0.29, 0.717) is 18.5 Å². The van der Waals surface area contributed by atoms with E-state index in [2.05, 4.69) is 17.1 Å². The maximum Gasteiger partial charge on any atom is 0.335 e. The maximum atomic E-state index is 11.2. The third-order valence-corrected chi connectivity index (χ3v) is 2.83. The first-order valence-electron chi connectivity index (χ1n) is 6.28. The van der Waals surface area contributed by atoms with E-state index >= 15 is 0 Å². The number of hydrogen-bond acceptors (Lipinski definition) is 2. The molecule has 0 unspecified atom stereocenters. The summed E-state index contributed by atoms with van der Waals surface area (Å²) in [6, 6.07) is 14.9. The Morgan fingerprint density at radius 2 is 1.80 bits per heavy atom. The summed E-state index contributed by atoms with van der Waals surface area (Å²) in [4.78, 5) is 11.2. The van der Waals surface area contributed by atoms with Gasteiger partial charge in [-0.2, -0.15) is 0 Å². The lowest BCUT2D eigenvalue weighted by atomic mass is 9.79. The van der Waals surface area contributed by atoms with Crippen LogP contribution in [0.4, 0.5) is 0 Å². The molecular weight excluding hydrogens is 249 g/mol. The van der Waals surface area contributed by atoms with Crippen LogP contribution in [0.25, 0.3) is 0 Å². The van der Waals surface area contributed by atoms with Crippen molar-refractivity contribution in [1.82, 2.24) is 5.23 Å². The Labute approximate surface area is 118 Å². The molecule has 98 valence electrons. The van der Waals surface area contributed by atoms with Crippen molar-refractivity contribution in [3.63, 3.8) is 0 Å². The highest BCUT2D eigenvalue weighted by Crippen LogP contribution is 2.03. The normalized spacial score (nSPS) is 9.45. The number of nitrogens with one attached hydrogen (secondary N) is 1. The predicted molar refractivity (Wildman–Crippen MR) is 81.7 cm³/mol. The molecule has 2 aromatic carbocycles. The van der Waals surface area contributed by atoms with Crippen LogP contribution in [0.3, 0.4) is 0 Å². The van der Waals surface area contributed by atoms with E-state index in [0.717, 1.165) is 11.0 Å². The van der Waals surface area contributed by atoms with Gasteiger partial charge in [0, 0.05) is 11.1 Å². The molecule has 0 amide bonds. The second-order valence-corrected chi connectivity index (χ2v) is 4.32. The van der Waals surface area contributed by atoms with Crippen LogP contribution in [0.5, 0.6) is 0 Å². The van der Waals surface area contributed by atoms with Crippen LogP contribution < -0.4 is 10.7 Å². The minimum Gasteiger partial charge on any atom is -0.478 e. The number of hydrogen-bond donors (Lipinski definition) is 2. The van der Waals surface area contributed by atoms with E-state index in [4.69, 9.17) is 0 Å². The van der Waals surface area contributed by atoms with Crippen molar-refractivity contribution in [1.29, 1.82) is 0 Å². The highest BCUT2D eigenvalue weighted by molar-refractivity contribution is 6.52. The lowest BCUT2D eigenvalue weighted by molar-refractivity contribution is 0.0698. The Kier molecular flexibility index (Phi) is 4.59. The van der Waals surface area contributed by atoms with Crippen molar-refractivity contribution in [2.24, 2.45) is 0 Å². The fourth-order valence-corrected chi connectivity index (χ4v) is 1.86. The molecule has 0 atom stereocenters. The molecule has 0 radical (unpaired) electrons. The van der Waals surface area contributed by atoms with Crippen molar-refractivity contribution in [3.8, 4) is 11.8 Å². The molecular formula is C16H14BNO2. The van der Waals surface area contributed by atoms with Gasteiger partial charge in [-0.25, -0.2) is 4.79 Å². The first-order valence-corrected chi connectivity index (χ1v) is 6.28. The molecule has 0 fully saturated rings. The van der Waals surface area contributed by atoms with Crippen molar-refractivity contribution in [2.75, 3.05) is 7.05 Å². The zero-order valence-corrected chi connectivity index (χ0v) is 11.2. The topological polar surface area (TPSA) is 49.3 Å². The first-order chi connectivity index (χ1) is 9.70. The van der Waals surface area contributed by atoms with Gasteiger partial charge in [0.1, 0.15) is 0 Å². The molecule has 0 spiro atoms. The Balaban J connectivity index is 2.33. The second-order valence-electron chi connectivity index (χ2n) is 4.32. The maximum absolute atomic E-state index is 11.2. The zero-order chi connectivity index (χ0) is 14.4. The molecule has 3 nitrogen and oxygen atoms in total. The summed E-state index contributed by atoms with van der Waals surface area (Å²) in [7, 11) is 2.31. The van der Waals surface area contributed by atoms with Crippen LogP contribution in [0.1, 0.15) is 21.5 Å². The van der Waals surface area contributed by atoms with Crippen LogP contribution in [0, 0.1) is 11.8 Å². The molecule has 0 aromatic heterocycles. The van der Waals surface area contributed by atoms with E-state index in [9.17, 15) is 9.90 Å². The van der Waals surface area contributed by atoms with E-state index in [1.807, 2.05) is 36.4 Å². The second kappa shape index (κ2) is 6.60. The van der Waals surface area contributed by atoms with E-state index in [1.54, 1.807) is 19.2 Å². The minimum absolute atomic E-state index is 0.291. The molecule has 0 saturated carbocycles. The average Bonchev–Trinajstić information content (AvgIpc) is 2.47. The SMILES string of the molecule is CNBc1ccc(C#Cc2ccccc2)cc1C(=O)O. The van der Waals surface area contributed by atoms with Gasteiger partial charge >= 0.3 is 5.97 Å². The lowest BCUT2D eigenvalue weighted by Gasteiger charge is -2.04. The molecule has 2 aromatic rings. The lowest BCUT2D eigenvalue weighted by Crippen LogP contribution is -2.31. The van der Waals surface area contributed by atoms with Crippen LogP contribution in [0.15, 0.2) is 48.5 Å². The standard InChI is InChI=1S/C16H14BNO2/c1-18-17-15-10-9-13(11-14(15)16(19)20)8-7-12-5-3-2-4-6-12/h2-6,9-11,17-18H,1H3,(H,19,20). The van der Waals surface area contributed by atoms with Gasteiger partial charge in [-0.05, 0) is 31.3 Å². The molecule has 0 aliphatic rings. The molecule has 2 rings (SSSR count). The molecule has 0 bridgehead atoms. The third-order valence-electron chi connectivity index (χ3n) is 2.83. The van der Waals surface area contributed by atoms with Crippen molar-refractivity contribution in [2.45, 2.75) is 0 Å². The third kappa shape index (κ3) is 3.50. The summed E-state index contributed by atoms with van der Waals surface area (Å²) >= 11 is 0. The van der Waals surface area contributed by atoms with Crippen LogP contribution in [-0.2, 0) is 0 Å². The Morgan fingerprint density at radius 3 is 2.45 bits per heavy atom. The highest BCUT2D eigenvalue weighted by Gasteiger charge is 2.10. The van der Waals surface area contributed by atoms with E-state index < -0.39 is 5.97 Å². The first kappa shape index (κ1) is 13.9. The molecule has 2 N–H and O–H groups in total. The van der Waals surface area contributed by atoms with Gasteiger partial charge < -0.3 is 10.3 Å². The number of carboxylic acids is 1. The highest BCUT2D eigenvalue weighted by atomic mass is 16.4. The van der Waals surface area contributed by atoms with E-state index in [1.165, 1.54) is 0 Å². The largest absolute Gasteiger partial charge is 0.478 e. The van der Waals surface area contributed by atoms with Gasteiger partial charge in [-0.15, -0.1) is 0 Å². The van der Waals surface area contributed by atoms with Crippen molar-refractivity contribution < 1.29 is 9.90 Å². The van der Waals surface area contributed by atoms with E-state index in [-0.39, 0.29) is 0 Å². The molecule has 4 heteroatoms. The van der Waals surface area contributed by atoms with Gasteiger partial charge in [0.05, 0.1) is 5.56 Å². The zero-order valence-electron chi connectivity index (χ0n) is 11.2. The Morgan fingerprint density at radius 1 is 1.10 bits per heavy atom. The fraction of sp³-hybridized carbons (Fsp3) is 0.0625. The van der Waals surface area contributed by atoms with Crippen LogP contribution in [-0.4, -0.2) is 25.5 Å². The summed E-state index contributed by atoms with van der Waals surface area (Å²) < 4.78 is 0. The number of rotatable bonds is 3. The van der Waals surface area contributed by atoms with Gasteiger partial charge in [0.2, 0.25) is 7.41 Å². The summed E-state index contributed by atoms with van der Waals surface area (Å²) in [5, 5.41) is 12.2. The number of aromatic carboxylic acids is 1. The number of benzene rings is 2. The Hall–Kier alpha value is -2.51. The van der Waals surface area contributed by atoms with Crippen LogP contribution >= 0.6 is 0 Å². The molecule has 0 saturated heterocycles. The Bertz CT molecular complexity index is 672.